The van der Waals surface area contributed by atoms with Crippen LogP contribution in [-0.2, 0) is 0 Å². The number of aromatic nitrogens is 2. The largest absolute Gasteiger partial charge is 0.497 e. The van der Waals surface area contributed by atoms with E-state index in [0.717, 1.165) is 15.9 Å². The second-order valence-corrected chi connectivity index (χ2v) is 4.15. The van der Waals surface area contributed by atoms with E-state index in [9.17, 15) is 0 Å². The van der Waals surface area contributed by atoms with Gasteiger partial charge in [-0.25, -0.2) is 9.97 Å². The Morgan fingerprint density at radius 3 is 2.82 bits per heavy atom. The van der Waals surface area contributed by atoms with Crippen LogP contribution in [0.15, 0.2) is 35.1 Å². The van der Waals surface area contributed by atoms with Crippen molar-refractivity contribution in [2.24, 2.45) is 0 Å². The molecule has 1 heterocycles. The van der Waals surface area contributed by atoms with Gasteiger partial charge in [-0.3, -0.25) is 0 Å². The molecule has 0 aliphatic carbocycles. The molecule has 0 unspecified atom stereocenters. The number of halogens is 1. The van der Waals surface area contributed by atoms with E-state index in [0.29, 0.717) is 11.6 Å². The lowest BCUT2D eigenvalue weighted by atomic mass is 10.3. The van der Waals surface area contributed by atoms with Crippen molar-refractivity contribution in [3.05, 3.63) is 35.1 Å². The average Bonchev–Trinajstić information content (AvgIpc) is 2.32. The van der Waals surface area contributed by atoms with Crippen LogP contribution >= 0.6 is 15.9 Å². The predicted octanol–water partition coefficient (Wildman–Crippen LogP) is 2.57. The van der Waals surface area contributed by atoms with Crippen molar-refractivity contribution in [3.8, 4) is 5.75 Å². The molecule has 6 heteroatoms. The maximum atomic E-state index is 5.58. The van der Waals surface area contributed by atoms with Crippen molar-refractivity contribution in [3.63, 3.8) is 0 Å². The van der Waals surface area contributed by atoms with Crippen LogP contribution < -0.4 is 15.8 Å². The number of nitrogens with zero attached hydrogens (tertiary/aromatic N) is 2. The normalized spacial score (nSPS) is 10.0. The van der Waals surface area contributed by atoms with Crippen LogP contribution in [0.1, 0.15) is 0 Å². The van der Waals surface area contributed by atoms with E-state index in [-0.39, 0.29) is 0 Å². The molecule has 0 aliphatic rings. The molecule has 0 fully saturated rings. The molecular weight excluding hydrogens is 284 g/mol. The lowest BCUT2D eigenvalue weighted by Crippen LogP contribution is -1.98. The third-order valence-electron chi connectivity index (χ3n) is 2.12. The second kappa shape index (κ2) is 5.01. The highest BCUT2D eigenvalue weighted by Gasteiger charge is 2.03. The summed E-state index contributed by atoms with van der Waals surface area (Å²) in [5, 5.41) is 3.13. The summed E-state index contributed by atoms with van der Waals surface area (Å²) in [4.78, 5) is 7.90. The highest BCUT2D eigenvalue weighted by Crippen LogP contribution is 2.29. The minimum Gasteiger partial charge on any atom is -0.497 e. The van der Waals surface area contributed by atoms with Gasteiger partial charge in [-0.15, -0.1) is 0 Å². The van der Waals surface area contributed by atoms with Gasteiger partial charge in [0.1, 0.15) is 23.7 Å². The minimum atomic E-state index is 0.418. The van der Waals surface area contributed by atoms with Gasteiger partial charge in [-0.2, -0.15) is 0 Å². The number of nitrogen functional groups attached to an aromatic ring is 1. The number of nitrogens with one attached hydrogen (secondary N) is 1. The van der Waals surface area contributed by atoms with E-state index >= 15 is 0 Å². The molecule has 5 nitrogen and oxygen atoms in total. The Morgan fingerprint density at radius 1 is 1.29 bits per heavy atom. The van der Waals surface area contributed by atoms with Gasteiger partial charge in [-0.05, 0) is 28.1 Å². The Kier molecular flexibility index (Phi) is 3.43. The molecule has 0 saturated carbocycles. The summed E-state index contributed by atoms with van der Waals surface area (Å²) < 4.78 is 6.07. The molecule has 0 saturated heterocycles. The highest BCUT2D eigenvalue weighted by atomic mass is 79.9. The zero-order valence-corrected chi connectivity index (χ0v) is 10.7. The zero-order chi connectivity index (χ0) is 12.3. The monoisotopic (exact) mass is 294 g/mol. The molecule has 0 spiro atoms. The van der Waals surface area contributed by atoms with Crippen molar-refractivity contribution in [1.82, 2.24) is 9.97 Å². The fraction of sp³-hybridized carbons (Fsp3) is 0.0909. The maximum Gasteiger partial charge on any atom is 0.135 e. The molecule has 0 radical (unpaired) electrons. The number of methoxy groups -OCH3 is 1. The fourth-order valence-corrected chi connectivity index (χ4v) is 1.65. The fourth-order valence-electron chi connectivity index (χ4n) is 1.31. The van der Waals surface area contributed by atoms with Gasteiger partial charge >= 0.3 is 0 Å². The van der Waals surface area contributed by atoms with Crippen molar-refractivity contribution < 1.29 is 4.74 Å². The molecule has 0 aliphatic heterocycles. The van der Waals surface area contributed by atoms with Crippen LogP contribution in [0.2, 0.25) is 0 Å². The summed E-state index contributed by atoms with van der Waals surface area (Å²) in [5.74, 6) is 1.81. The summed E-state index contributed by atoms with van der Waals surface area (Å²) in [6.45, 7) is 0. The summed E-state index contributed by atoms with van der Waals surface area (Å²) in [6.07, 6.45) is 1.41. The van der Waals surface area contributed by atoms with Gasteiger partial charge in [0.25, 0.3) is 0 Å². The number of rotatable bonds is 3. The number of benzene rings is 1. The zero-order valence-electron chi connectivity index (χ0n) is 9.14. The van der Waals surface area contributed by atoms with Gasteiger partial charge in [0.2, 0.25) is 0 Å². The molecule has 2 rings (SSSR count). The Bertz CT molecular complexity index is 533. The molecule has 0 atom stereocenters. The Hall–Kier alpha value is -1.82. The van der Waals surface area contributed by atoms with E-state index in [1.54, 1.807) is 13.2 Å². The Balaban J connectivity index is 2.29. The molecule has 2 aromatic rings. The van der Waals surface area contributed by atoms with Gasteiger partial charge < -0.3 is 15.8 Å². The minimum absolute atomic E-state index is 0.418. The summed E-state index contributed by atoms with van der Waals surface area (Å²) in [6, 6.07) is 7.28. The van der Waals surface area contributed by atoms with Gasteiger partial charge in [0.05, 0.1) is 12.8 Å². The first-order valence-corrected chi connectivity index (χ1v) is 5.66. The van der Waals surface area contributed by atoms with Crippen LogP contribution in [0.3, 0.4) is 0 Å². The van der Waals surface area contributed by atoms with Crippen molar-refractivity contribution >= 4 is 33.3 Å². The first-order chi connectivity index (χ1) is 8.19. The van der Waals surface area contributed by atoms with Crippen molar-refractivity contribution in [1.29, 1.82) is 0 Å². The Morgan fingerprint density at radius 2 is 2.12 bits per heavy atom. The third-order valence-corrected chi connectivity index (χ3v) is 2.82. The first kappa shape index (κ1) is 11.7. The molecule has 0 amide bonds. The number of hydrogen-bond acceptors (Lipinski definition) is 5. The number of anilines is 3. The third kappa shape index (κ3) is 2.85. The molecule has 1 aromatic carbocycles. The maximum absolute atomic E-state index is 5.58. The first-order valence-electron chi connectivity index (χ1n) is 4.87. The van der Waals surface area contributed by atoms with E-state index in [1.165, 1.54) is 6.33 Å². The van der Waals surface area contributed by atoms with Crippen molar-refractivity contribution in [2.75, 3.05) is 18.2 Å². The van der Waals surface area contributed by atoms with Crippen LogP contribution in [-0.4, -0.2) is 17.1 Å². The quantitative estimate of drug-likeness (QED) is 0.910. The SMILES string of the molecule is COc1ccc(Br)c(Nc2cc(N)ncn2)c1. The molecule has 88 valence electrons. The highest BCUT2D eigenvalue weighted by molar-refractivity contribution is 9.10. The summed E-state index contributed by atoms with van der Waals surface area (Å²) in [5.41, 5.74) is 6.43. The predicted molar refractivity (Wildman–Crippen MR) is 70.4 cm³/mol. The molecule has 17 heavy (non-hydrogen) atoms. The van der Waals surface area contributed by atoms with Gasteiger partial charge in [0, 0.05) is 16.6 Å². The summed E-state index contributed by atoms with van der Waals surface area (Å²) in [7, 11) is 1.62. The van der Waals surface area contributed by atoms with E-state index < -0.39 is 0 Å². The topological polar surface area (TPSA) is 73.1 Å². The van der Waals surface area contributed by atoms with Crippen LogP contribution in [0.4, 0.5) is 17.3 Å². The lowest BCUT2D eigenvalue weighted by molar-refractivity contribution is 0.415. The average molecular weight is 295 g/mol. The smallest absolute Gasteiger partial charge is 0.135 e. The second-order valence-electron chi connectivity index (χ2n) is 3.30. The van der Waals surface area contributed by atoms with E-state index in [1.807, 2.05) is 18.2 Å². The summed E-state index contributed by atoms with van der Waals surface area (Å²) >= 11 is 3.44. The van der Waals surface area contributed by atoms with Crippen molar-refractivity contribution in [2.45, 2.75) is 0 Å². The lowest BCUT2D eigenvalue weighted by Gasteiger charge is -2.09. The molecule has 3 N–H and O–H groups in total. The van der Waals surface area contributed by atoms with Crippen LogP contribution in [0.5, 0.6) is 5.75 Å². The number of nitrogens with two attached hydrogens (primary N) is 1. The molecular formula is C11H11BrN4O. The van der Waals surface area contributed by atoms with E-state index in [4.69, 9.17) is 10.5 Å². The molecule has 0 bridgehead atoms. The Labute approximate surface area is 107 Å². The van der Waals surface area contributed by atoms with Crippen LogP contribution in [0, 0.1) is 0 Å². The van der Waals surface area contributed by atoms with Crippen LogP contribution in [0.25, 0.3) is 0 Å². The number of ether oxygens (including phenoxy) is 1. The van der Waals surface area contributed by atoms with Gasteiger partial charge in [-0.1, -0.05) is 0 Å². The van der Waals surface area contributed by atoms with E-state index in [2.05, 4.69) is 31.2 Å². The standard InChI is InChI=1S/C11H11BrN4O/c1-17-7-2-3-8(12)9(4-7)16-11-5-10(13)14-6-15-11/h2-6H,1H3,(H3,13,14,15,16). The number of hydrogen-bond donors (Lipinski definition) is 2. The van der Waals surface area contributed by atoms with Gasteiger partial charge in [0.15, 0.2) is 0 Å². The molecule has 1 aromatic heterocycles.